The molecule has 0 amide bonds. The number of allylic oxidation sites excluding steroid dienone is 6. The van der Waals surface area contributed by atoms with Crippen molar-refractivity contribution < 1.29 is 4.74 Å². The minimum Gasteiger partial charge on any atom is -0.488 e. The Morgan fingerprint density at radius 1 is 1.11 bits per heavy atom. The maximum atomic E-state index is 6.44. The zero-order valence-corrected chi connectivity index (χ0v) is 24.0. The topological polar surface area (TPSA) is 61.3 Å². The Balaban J connectivity index is 1.30. The third-order valence-corrected chi connectivity index (χ3v) is 11.6. The van der Waals surface area contributed by atoms with Crippen molar-refractivity contribution >= 4 is 11.4 Å². The number of hydrogen-bond acceptors (Lipinski definition) is 3. The lowest BCUT2D eigenvalue weighted by molar-refractivity contribution is -0.0641. The van der Waals surface area contributed by atoms with Crippen molar-refractivity contribution in [3.8, 4) is 5.75 Å². The second kappa shape index (κ2) is 10.6. The van der Waals surface area contributed by atoms with Crippen molar-refractivity contribution in [1.82, 2.24) is 0 Å². The summed E-state index contributed by atoms with van der Waals surface area (Å²) < 4.78 is 6.44. The van der Waals surface area contributed by atoms with Gasteiger partial charge < -0.3 is 16.2 Å². The van der Waals surface area contributed by atoms with Crippen LogP contribution in [-0.4, -0.2) is 6.10 Å². The Morgan fingerprint density at radius 2 is 1.92 bits per heavy atom. The highest BCUT2D eigenvalue weighted by molar-refractivity contribution is 5.60. The summed E-state index contributed by atoms with van der Waals surface area (Å²) in [4.78, 5) is 0. The van der Waals surface area contributed by atoms with Gasteiger partial charge >= 0.3 is 0 Å². The molecule has 5 rings (SSSR count). The number of rotatable bonds is 8. The van der Waals surface area contributed by atoms with E-state index in [4.69, 9.17) is 16.2 Å². The number of hydrogen-bond donors (Lipinski definition) is 2. The van der Waals surface area contributed by atoms with E-state index in [0.29, 0.717) is 34.5 Å². The van der Waals surface area contributed by atoms with E-state index in [1.54, 1.807) is 6.07 Å². The predicted octanol–water partition coefficient (Wildman–Crippen LogP) is 8.75. The van der Waals surface area contributed by atoms with Gasteiger partial charge in [-0.05, 0) is 129 Å². The molecule has 4 aliphatic carbocycles. The lowest BCUT2D eigenvalue weighted by atomic mass is 9.45. The fraction of sp³-hybridized carbons (Fsp3) is 0.600. The SMILES string of the molecule is C=C/C(C)=C\CCC(C)C1CCC2C3C=CC4CC(Oc5ccc(N)cc5N)CCC4(C=C)C3CCC12C. The number of anilines is 2. The molecule has 3 saturated carbocycles. The highest BCUT2D eigenvalue weighted by Gasteiger charge is 2.60. The maximum Gasteiger partial charge on any atom is 0.142 e. The third-order valence-electron chi connectivity index (χ3n) is 11.6. The van der Waals surface area contributed by atoms with Crippen LogP contribution in [0, 0.1) is 46.3 Å². The number of nitrogen functional groups attached to an aromatic ring is 2. The first-order chi connectivity index (χ1) is 18.2. The van der Waals surface area contributed by atoms with Crippen LogP contribution in [0.15, 0.2) is 67.3 Å². The van der Waals surface area contributed by atoms with Gasteiger partial charge in [-0.3, -0.25) is 0 Å². The first kappa shape index (κ1) is 27.2. The van der Waals surface area contributed by atoms with Crippen molar-refractivity contribution in [1.29, 1.82) is 0 Å². The molecule has 1 aromatic carbocycles. The van der Waals surface area contributed by atoms with Crippen molar-refractivity contribution in [2.75, 3.05) is 11.5 Å². The number of fused-ring (bicyclic) bond motifs is 5. The third kappa shape index (κ3) is 4.65. The largest absolute Gasteiger partial charge is 0.488 e. The Morgan fingerprint density at radius 3 is 2.66 bits per heavy atom. The van der Waals surface area contributed by atoms with Crippen molar-refractivity contribution in [3.63, 3.8) is 0 Å². The van der Waals surface area contributed by atoms with E-state index in [0.717, 1.165) is 42.8 Å². The smallest absolute Gasteiger partial charge is 0.142 e. The van der Waals surface area contributed by atoms with Crippen LogP contribution >= 0.6 is 0 Å². The number of nitrogens with two attached hydrogens (primary N) is 2. The van der Waals surface area contributed by atoms with Crippen LogP contribution in [0.1, 0.15) is 78.6 Å². The van der Waals surface area contributed by atoms with Crippen LogP contribution in [0.25, 0.3) is 0 Å². The lowest BCUT2D eigenvalue weighted by Gasteiger charge is -2.59. The molecule has 0 radical (unpaired) electrons. The molecular weight excluding hydrogens is 464 g/mol. The van der Waals surface area contributed by atoms with Crippen molar-refractivity contribution in [2.24, 2.45) is 46.3 Å². The molecule has 9 atom stereocenters. The molecule has 1 aromatic rings. The van der Waals surface area contributed by atoms with E-state index in [-0.39, 0.29) is 11.5 Å². The molecule has 0 aliphatic heterocycles. The molecule has 0 aromatic heterocycles. The fourth-order valence-electron chi connectivity index (χ4n) is 9.49. The predicted molar refractivity (Wildman–Crippen MR) is 162 cm³/mol. The van der Waals surface area contributed by atoms with Gasteiger partial charge in [-0.2, -0.15) is 0 Å². The highest BCUT2D eigenvalue weighted by Crippen LogP contribution is 2.67. The maximum absolute atomic E-state index is 6.44. The van der Waals surface area contributed by atoms with E-state index in [1.165, 1.54) is 44.1 Å². The zero-order valence-electron chi connectivity index (χ0n) is 24.0. The van der Waals surface area contributed by atoms with Crippen LogP contribution in [0.5, 0.6) is 5.75 Å². The second-order valence-electron chi connectivity index (χ2n) is 13.3. The van der Waals surface area contributed by atoms with E-state index in [9.17, 15) is 0 Å². The Kier molecular flexibility index (Phi) is 7.59. The minimum atomic E-state index is 0.185. The molecule has 9 unspecified atom stereocenters. The van der Waals surface area contributed by atoms with Gasteiger partial charge in [0.2, 0.25) is 0 Å². The van der Waals surface area contributed by atoms with Gasteiger partial charge in [-0.25, -0.2) is 0 Å². The number of ether oxygens (including phenoxy) is 1. The molecule has 38 heavy (non-hydrogen) atoms. The minimum absolute atomic E-state index is 0.185. The first-order valence-electron chi connectivity index (χ1n) is 15.1. The number of benzene rings is 1. The average molecular weight is 515 g/mol. The monoisotopic (exact) mass is 514 g/mol. The van der Waals surface area contributed by atoms with Crippen molar-refractivity contribution in [3.05, 3.63) is 67.3 Å². The zero-order chi connectivity index (χ0) is 27.1. The first-order valence-corrected chi connectivity index (χ1v) is 15.1. The Hall–Kier alpha value is -2.42. The summed E-state index contributed by atoms with van der Waals surface area (Å²) in [6, 6.07) is 5.59. The average Bonchev–Trinajstić information content (AvgIpc) is 3.27. The summed E-state index contributed by atoms with van der Waals surface area (Å²) in [7, 11) is 0. The summed E-state index contributed by atoms with van der Waals surface area (Å²) in [6.07, 6.45) is 23.3. The van der Waals surface area contributed by atoms with Gasteiger partial charge in [-0.15, -0.1) is 6.58 Å². The molecule has 0 heterocycles. The fourth-order valence-corrected chi connectivity index (χ4v) is 9.49. The van der Waals surface area contributed by atoms with Gasteiger partial charge in [0.25, 0.3) is 0 Å². The molecule has 4 N–H and O–H groups in total. The summed E-state index contributed by atoms with van der Waals surface area (Å²) in [5, 5.41) is 0. The summed E-state index contributed by atoms with van der Waals surface area (Å²) in [5.74, 6) is 5.08. The summed E-state index contributed by atoms with van der Waals surface area (Å²) in [5.41, 5.74) is 15.4. The van der Waals surface area contributed by atoms with Gasteiger partial charge in [0.05, 0.1) is 11.8 Å². The lowest BCUT2D eigenvalue weighted by Crippen LogP contribution is -2.53. The normalized spacial score (nSPS) is 39.0. The van der Waals surface area contributed by atoms with Crippen LogP contribution in [0.4, 0.5) is 11.4 Å². The Labute approximate surface area is 231 Å². The molecule has 0 saturated heterocycles. The van der Waals surface area contributed by atoms with Crippen molar-refractivity contribution in [2.45, 2.75) is 84.7 Å². The van der Waals surface area contributed by atoms with E-state index >= 15 is 0 Å². The van der Waals surface area contributed by atoms with Crippen LogP contribution in [-0.2, 0) is 0 Å². The molecule has 3 heteroatoms. The van der Waals surface area contributed by atoms with Gasteiger partial charge in [0.15, 0.2) is 0 Å². The van der Waals surface area contributed by atoms with Crippen LogP contribution in [0.2, 0.25) is 0 Å². The molecule has 0 bridgehead atoms. The molecule has 0 spiro atoms. The molecule has 3 nitrogen and oxygen atoms in total. The van der Waals surface area contributed by atoms with E-state index < -0.39 is 0 Å². The summed E-state index contributed by atoms with van der Waals surface area (Å²) in [6.45, 7) is 15.7. The van der Waals surface area contributed by atoms with Gasteiger partial charge in [-0.1, -0.05) is 56.4 Å². The quantitative estimate of drug-likeness (QED) is 0.207. The Bertz CT molecular complexity index is 1100. The molecule has 4 aliphatic rings. The molecular formula is C35H50N2O. The van der Waals surface area contributed by atoms with E-state index in [1.807, 2.05) is 18.2 Å². The van der Waals surface area contributed by atoms with Crippen LogP contribution in [0.3, 0.4) is 0 Å². The highest BCUT2D eigenvalue weighted by atomic mass is 16.5. The van der Waals surface area contributed by atoms with Crippen LogP contribution < -0.4 is 16.2 Å². The standard InChI is InChI=1S/C35H50N2O/c1-6-23(3)9-8-10-24(4)29-14-15-30-28-13-11-25-21-27(38-33-16-12-26(36)22-32(33)37)17-20-35(25,7-2)31(28)18-19-34(29,30)5/h6-7,9,11-13,16,22,24-25,27-31H,1-2,8,10,14-15,17-21,36-37H2,3-5H3/b23-9-. The summed E-state index contributed by atoms with van der Waals surface area (Å²) >= 11 is 0. The second-order valence-corrected chi connectivity index (χ2v) is 13.3. The molecule has 3 fully saturated rings. The van der Waals surface area contributed by atoms with E-state index in [2.05, 4.69) is 58.2 Å². The molecule has 206 valence electrons. The van der Waals surface area contributed by atoms with Gasteiger partial charge in [0.1, 0.15) is 5.75 Å². The van der Waals surface area contributed by atoms with Gasteiger partial charge in [0, 0.05) is 5.69 Å².